The van der Waals surface area contributed by atoms with Gasteiger partial charge < -0.3 is 9.84 Å². The topological polar surface area (TPSA) is 70.3 Å². The fourth-order valence-corrected chi connectivity index (χ4v) is 1.77. The molecule has 0 aliphatic rings. The molecular weight excluding hydrogens is 278 g/mol. The van der Waals surface area contributed by atoms with Crippen molar-refractivity contribution < 1.29 is 14.6 Å². The number of hydrogen-bond donors (Lipinski definition) is 1. The molecule has 0 bridgehead atoms. The summed E-state index contributed by atoms with van der Waals surface area (Å²) in [4.78, 5) is 10.4. The third-order valence-corrected chi connectivity index (χ3v) is 2.81. The zero-order valence-corrected chi connectivity index (χ0v) is 11.7. The van der Waals surface area contributed by atoms with Crippen LogP contribution >= 0.6 is 0 Å². The first-order valence-electron chi connectivity index (χ1n) is 6.60. The predicted octanol–water partition coefficient (Wildman–Crippen LogP) is 2.96. The second-order valence-electron chi connectivity index (χ2n) is 4.47. The number of nitrogens with zero attached hydrogens (tertiary/aromatic N) is 1. The van der Waals surface area contributed by atoms with E-state index in [9.17, 15) is 4.79 Å². The quantitative estimate of drug-likeness (QED) is 0.879. The predicted molar refractivity (Wildman–Crippen MR) is 81.1 cm³/mol. The number of hydrogen-bond acceptors (Lipinski definition) is 3. The lowest BCUT2D eigenvalue weighted by Gasteiger charge is -2.08. The van der Waals surface area contributed by atoms with Gasteiger partial charge in [-0.1, -0.05) is 42.2 Å². The third-order valence-electron chi connectivity index (χ3n) is 2.81. The molecule has 0 amide bonds. The zero-order chi connectivity index (χ0) is 15.8. The molecule has 0 aromatic heterocycles. The van der Waals surface area contributed by atoms with Gasteiger partial charge in [-0.25, -0.2) is 0 Å². The highest BCUT2D eigenvalue weighted by atomic mass is 16.5. The molecule has 0 atom stereocenters. The van der Waals surface area contributed by atoms with Crippen molar-refractivity contribution in [3.8, 4) is 23.7 Å². The number of carboxylic acid groups (broad SMARTS) is 1. The molecule has 2 aromatic carbocycles. The number of carboxylic acids is 1. The number of nitriles is 1. The molecule has 22 heavy (non-hydrogen) atoms. The van der Waals surface area contributed by atoms with Gasteiger partial charge in [0, 0.05) is 5.56 Å². The first kappa shape index (κ1) is 15.2. The molecule has 0 saturated carbocycles. The van der Waals surface area contributed by atoms with Crippen molar-refractivity contribution >= 4 is 5.97 Å². The van der Waals surface area contributed by atoms with Gasteiger partial charge in [0.05, 0.1) is 5.56 Å². The number of ether oxygens (including phenoxy) is 1. The highest BCUT2D eigenvalue weighted by Crippen LogP contribution is 2.20. The Labute approximate surface area is 128 Å². The summed E-state index contributed by atoms with van der Waals surface area (Å²) >= 11 is 0. The van der Waals surface area contributed by atoms with Gasteiger partial charge in [-0.15, -0.1) is 0 Å². The summed E-state index contributed by atoms with van der Waals surface area (Å²) in [7, 11) is 0. The minimum atomic E-state index is -0.971. The average Bonchev–Trinajstić information content (AvgIpc) is 2.54. The largest absolute Gasteiger partial charge is 0.487 e. The van der Waals surface area contributed by atoms with Crippen LogP contribution in [0.3, 0.4) is 0 Å². The SMILES string of the molecule is N#Cc1ccc(C#CCC(=O)O)cc1OCc1ccccc1. The van der Waals surface area contributed by atoms with E-state index in [1.807, 2.05) is 30.3 Å². The zero-order valence-electron chi connectivity index (χ0n) is 11.7. The lowest BCUT2D eigenvalue weighted by Crippen LogP contribution is -1.97. The summed E-state index contributed by atoms with van der Waals surface area (Å²) in [6.45, 7) is 0.349. The van der Waals surface area contributed by atoms with Gasteiger partial charge in [0.1, 0.15) is 24.8 Å². The minimum absolute atomic E-state index is 0.222. The summed E-state index contributed by atoms with van der Waals surface area (Å²) in [5.74, 6) is 4.76. The minimum Gasteiger partial charge on any atom is -0.487 e. The van der Waals surface area contributed by atoms with E-state index in [1.54, 1.807) is 18.2 Å². The van der Waals surface area contributed by atoms with Crippen LogP contribution in [0.2, 0.25) is 0 Å². The molecule has 0 aliphatic carbocycles. The molecule has 0 saturated heterocycles. The van der Waals surface area contributed by atoms with Gasteiger partial charge in [-0.05, 0) is 23.8 Å². The van der Waals surface area contributed by atoms with Crippen LogP contribution in [-0.2, 0) is 11.4 Å². The molecule has 0 heterocycles. The van der Waals surface area contributed by atoms with Crippen molar-refractivity contribution in [3.05, 3.63) is 65.2 Å². The smallest absolute Gasteiger partial charge is 0.315 e. The Kier molecular flexibility index (Phi) is 5.18. The first-order chi connectivity index (χ1) is 10.7. The highest BCUT2D eigenvalue weighted by Gasteiger charge is 2.04. The van der Waals surface area contributed by atoms with Gasteiger partial charge in [0.15, 0.2) is 0 Å². The van der Waals surface area contributed by atoms with Crippen molar-refractivity contribution in [3.63, 3.8) is 0 Å². The summed E-state index contributed by atoms with van der Waals surface area (Å²) < 4.78 is 5.68. The molecule has 4 nitrogen and oxygen atoms in total. The van der Waals surface area contributed by atoms with Crippen molar-refractivity contribution in [1.82, 2.24) is 0 Å². The van der Waals surface area contributed by atoms with E-state index in [0.717, 1.165) is 5.56 Å². The fraction of sp³-hybridized carbons (Fsp3) is 0.111. The number of benzene rings is 2. The van der Waals surface area contributed by atoms with E-state index >= 15 is 0 Å². The summed E-state index contributed by atoms with van der Waals surface area (Å²) in [6.07, 6.45) is -0.222. The van der Waals surface area contributed by atoms with Crippen LogP contribution in [0, 0.1) is 23.2 Å². The molecule has 2 aromatic rings. The summed E-state index contributed by atoms with van der Waals surface area (Å²) in [5.41, 5.74) is 2.02. The van der Waals surface area contributed by atoms with Crippen molar-refractivity contribution in [2.45, 2.75) is 13.0 Å². The van der Waals surface area contributed by atoms with E-state index in [-0.39, 0.29) is 6.42 Å². The first-order valence-corrected chi connectivity index (χ1v) is 6.60. The van der Waals surface area contributed by atoms with E-state index in [2.05, 4.69) is 17.9 Å². The van der Waals surface area contributed by atoms with Gasteiger partial charge in [-0.2, -0.15) is 5.26 Å². The van der Waals surface area contributed by atoms with Gasteiger partial charge >= 0.3 is 5.97 Å². The Hall–Kier alpha value is -3.24. The summed E-state index contributed by atoms with van der Waals surface area (Å²) in [5, 5.41) is 17.7. The molecule has 2 rings (SSSR count). The van der Waals surface area contributed by atoms with E-state index in [4.69, 9.17) is 15.1 Å². The average molecular weight is 291 g/mol. The standard InChI is InChI=1S/C18H13NO3/c19-12-16-10-9-14(7-4-8-18(20)21)11-17(16)22-13-15-5-2-1-3-6-15/h1-3,5-6,9-11H,8,13H2,(H,20,21). The van der Waals surface area contributed by atoms with Crippen LogP contribution in [0.25, 0.3) is 0 Å². The molecule has 0 spiro atoms. The molecule has 0 radical (unpaired) electrons. The Morgan fingerprint density at radius 1 is 1.18 bits per heavy atom. The molecule has 108 valence electrons. The third kappa shape index (κ3) is 4.40. The Morgan fingerprint density at radius 2 is 1.95 bits per heavy atom. The second-order valence-corrected chi connectivity index (χ2v) is 4.47. The Bertz CT molecular complexity index is 764. The monoisotopic (exact) mass is 291 g/mol. The van der Waals surface area contributed by atoms with Crippen molar-refractivity contribution in [2.75, 3.05) is 0 Å². The Balaban J connectivity index is 2.15. The van der Waals surface area contributed by atoms with Crippen LogP contribution < -0.4 is 4.74 Å². The fourth-order valence-electron chi connectivity index (χ4n) is 1.77. The van der Waals surface area contributed by atoms with E-state index < -0.39 is 5.97 Å². The maximum Gasteiger partial charge on any atom is 0.315 e. The van der Waals surface area contributed by atoms with Crippen LogP contribution in [0.4, 0.5) is 0 Å². The lowest BCUT2D eigenvalue weighted by molar-refractivity contribution is -0.135. The maximum absolute atomic E-state index is 10.4. The van der Waals surface area contributed by atoms with Gasteiger partial charge in [0.25, 0.3) is 0 Å². The van der Waals surface area contributed by atoms with Crippen molar-refractivity contribution in [1.29, 1.82) is 5.26 Å². The maximum atomic E-state index is 10.4. The van der Waals surface area contributed by atoms with Crippen LogP contribution in [0.5, 0.6) is 5.75 Å². The van der Waals surface area contributed by atoms with Crippen molar-refractivity contribution in [2.24, 2.45) is 0 Å². The van der Waals surface area contributed by atoms with E-state index in [0.29, 0.717) is 23.5 Å². The van der Waals surface area contributed by atoms with E-state index in [1.165, 1.54) is 0 Å². The number of rotatable bonds is 4. The Morgan fingerprint density at radius 3 is 2.64 bits per heavy atom. The highest BCUT2D eigenvalue weighted by molar-refractivity contribution is 5.70. The van der Waals surface area contributed by atoms with Gasteiger partial charge in [0.2, 0.25) is 0 Å². The molecule has 0 fully saturated rings. The lowest BCUT2D eigenvalue weighted by atomic mass is 10.1. The summed E-state index contributed by atoms with van der Waals surface area (Å²) in [6, 6.07) is 16.6. The number of aliphatic carboxylic acids is 1. The normalized spacial score (nSPS) is 9.23. The van der Waals surface area contributed by atoms with Crippen LogP contribution in [0.1, 0.15) is 23.1 Å². The van der Waals surface area contributed by atoms with Gasteiger partial charge in [-0.3, -0.25) is 4.79 Å². The molecule has 0 aliphatic heterocycles. The molecular formula is C18H13NO3. The molecule has 4 heteroatoms. The number of carbonyl (C=O) groups is 1. The second kappa shape index (κ2) is 7.52. The molecule has 1 N–H and O–H groups in total. The van der Waals surface area contributed by atoms with Crippen LogP contribution in [-0.4, -0.2) is 11.1 Å². The molecule has 0 unspecified atom stereocenters. The van der Waals surface area contributed by atoms with Crippen LogP contribution in [0.15, 0.2) is 48.5 Å².